The van der Waals surface area contributed by atoms with E-state index in [0.29, 0.717) is 38.0 Å². The van der Waals surface area contributed by atoms with Gasteiger partial charge in [-0.25, -0.2) is 9.78 Å². The molecular formula is C20H17N3O5S. The van der Waals surface area contributed by atoms with Crippen molar-refractivity contribution >= 4 is 39.7 Å². The molecule has 0 spiro atoms. The van der Waals surface area contributed by atoms with Crippen molar-refractivity contribution in [1.82, 2.24) is 9.97 Å². The van der Waals surface area contributed by atoms with E-state index in [1.165, 1.54) is 14.2 Å². The average molecular weight is 411 g/mol. The first-order valence-corrected chi connectivity index (χ1v) is 9.27. The molecule has 3 aromatic rings. The number of thiophene rings is 1. The zero-order valence-electron chi connectivity index (χ0n) is 15.9. The third-order valence-electron chi connectivity index (χ3n) is 4.10. The molecule has 1 N–H and O–H groups in total. The van der Waals surface area contributed by atoms with E-state index in [0.717, 1.165) is 16.9 Å². The van der Waals surface area contributed by atoms with Gasteiger partial charge in [0, 0.05) is 0 Å². The van der Waals surface area contributed by atoms with E-state index >= 15 is 0 Å². The van der Waals surface area contributed by atoms with Gasteiger partial charge >= 0.3 is 5.97 Å². The number of ether oxygens (including phenoxy) is 3. The molecule has 2 aromatic heterocycles. The second-order valence-electron chi connectivity index (χ2n) is 5.87. The third-order valence-corrected chi connectivity index (χ3v) is 5.27. The molecule has 148 valence electrons. The first-order chi connectivity index (χ1) is 14.0. The van der Waals surface area contributed by atoms with E-state index in [4.69, 9.17) is 19.5 Å². The number of aryl methyl sites for hydroxylation is 1. The van der Waals surface area contributed by atoms with Crippen LogP contribution in [0.5, 0.6) is 11.5 Å². The summed E-state index contributed by atoms with van der Waals surface area (Å²) in [6, 6.07) is 7.12. The van der Waals surface area contributed by atoms with Crippen LogP contribution in [0.3, 0.4) is 0 Å². The average Bonchev–Trinajstić information content (AvgIpc) is 3.07. The van der Waals surface area contributed by atoms with Crippen LogP contribution in [0.2, 0.25) is 0 Å². The number of nitrogens with one attached hydrogen (secondary N) is 1. The molecule has 0 saturated heterocycles. The van der Waals surface area contributed by atoms with Gasteiger partial charge < -0.3 is 19.2 Å². The van der Waals surface area contributed by atoms with Gasteiger partial charge in [-0.3, -0.25) is 4.79 Å². The van der Waals surface area contributed by atoms with Crippen molar-refractivity contribution in [3.8, 4) is 17.6 Å². The fraction of sp³-hybridized carbons (Fsp3) is 0.200. The monoisotopic (exact) mass is 411 g/mol. The fourth-order valence-corrected chi connectivity index (χ4v) is 3.83. The smallest absolute Gasteiger partial charge is 0.348 e. The number of H-pyrrole nitrogens is 1. The highest BCUT2D eigenvalue weighted by atomic mass is 32.1. The van der Waals surface area contributed by atoms with Gasteiger partial charge in [-0.05, 0) is 36.3 Å². The van der Waals surface area contributed by atoms with Crippen molar-refractivity contribution in [2.45, 2.75) is 6.92 Å². The molecule has 0 atom stereocenters. The standard InChI is InChI=1S/C20H17N3O5S/c1-11-16-18(24)22-15(23-19(16)29-17(11)20(25)27-3)7-5-12-4-6-13(28-9-8-21)14(10-12)26-2/h4-7,10H,9H2,1-3H3,(H,22,23,24)/b7-5+. The summed E-state index contributed by atoms with van der Waals surface area (Å²) in [5.74, 6) is 0.802. The number of methoxy groups -OCH3 is 2. The summed E-state index contributed by atoms with van der Waals surface area (Å²) in [5.41, 5.74) is 1.02. The van der Waals surface area contributed by atoms with Crippen LogP contribution in [0.4, 0.5) is 0 Å². The molecule has 0 radical (unpaired) electrons. The summed E-state index contributed by atoms with van der Waals surface area (Å²) in [4.78, 5) is 32.3. The Hall–Kier alpha value is -3.64. The maximum Gasteiger partial charge on any atom is 0.348 e. The Labute approximate surface area is 170 Å². The van der Waals surface area contributed by atoms with Crippen molar-refractivity contribution in [3.05, 3.63) is 50.4 Å². The molecule has 1 aromatic carbocycles. The predicted octanol–water partition coefficient (Wildman–Crippen LogP) is 3.16. The Morgan fingerprint density at radius 3 is 2.79 bits per heavy atom. The van der Waals surface area contributed by atoms with E-state index in [-0.39, 0.29) is 12.2 Å². The Morgan fingerprint density at radius 2 is 2.10 bits per heavy atom. The molecule has 3 rings (SSSR count). The summed E-state index contributed by atoms with van der Waals surface area (Å²) in [6.07, 6.45) is 3.40. The van der Waals surface area contributed by atoms with Gasteiger partial charge in [-0.2, -0.15) is 5.26 Å². The number of benzene rings is 1. The molecule has 0 aliphatic heterocycles. The minimum atomic E-state index is -0.493. The highest BCUT2D eigenvalue weighted by Crippen LogP contribution is 2.29. The molecule has 0 amide bonds. The maximum absolute atomic E-state index is 12.5. The second kappa shape index (κ2) is 8.58. The van der Waals surface area contributed by atoms with E-state index in [1.807, 2.05) is 6.07 Å². The molecule has 0 bridgehead atoms. The number of carbonyl (C=O) groups is 1. The van der Waals surface area contributed by atoms with Crippen LogP contribution in [0, 0.1) is 18.3 Å². The highest BCUT2D eigenvalue weighted by molar-refractivity contribution is 7.20. The van der Waals surface area contributed by atoms with Crippen molar-refractivity contribution < 1.29 is 19.0 Å². The Balaban J connectivity index is 1.94. The molecule has 0 unspecified atom stereocenters. The molecule has 0 aliphatic carbocycles. The number of hydrogen-bond acceptors (Lipinski definition) is 8. The maximum atomic E-state index is 12.5. The number of aromatic amines is 1. The lowest BCUT2D eigenvalue weighted by molar-refractivity contribution is 0.0605. The van der Waals surface area contributed by atoms with Gasteiger partial charge in [0.1, 0.15) is 21.6 Å². The fourth-order valence-electron chi connectivity index (χ4n) is 2.72. The van der Waals surface area contributed by atoms with Gasteiger partial charge in [0.15, 0.2) is 18.1 Å². The molecule has 8 nitrogen and oxygen atoms in total. The quantitative estimate of drug-likeness (QED) is 0.620. The summed E-state index contributed by atoms with van der Waals surface area (Å²) in [5, 5.41) is 9.01. The van der Waals surface area contributed by atoms with Crippen LogP contribution >= 0.6 is 11.3 Å². The first-order valence-electron chi connectivity index (χ1n) is 8.46. The lowest BCUT2D eigenvalue weighted by Crippen LogP contribution is -2.09. The van der Waals surface area contributed by atoms with Crippen LogP contribution in [-0.4, -0.2) is 36.8 Å². The Bertz CT molecular complexity index is 1200. The SMILES string of the molecule is COC(=O)c1sc2nc(/C=C/c3ccc(OCC#N)c(OC)c3)[nH]c(=O)c2c1C. The lowest BCUT2D eigenvalue weighted by atomic mass is 10.2. The molecule has 0 saturated carbocycles. The van der Waals surface area contributed by atoms with Crippen LogP contribution < -0.4 is 15.0 Å². The summed E-state index contributed by atoms with van der Waals surface area (Å²) in [6.45, 7) is 1.62. The number of aromatic nitrogens is 2. The lowest BCUT2D eigenvalue weighted by Gasteiger charge is -2.08. The summed E-state index contributed by atoms with van der Waals surface area (Å²) >= 11 is 1.12. The zero-order valence-corrected chi connectivity index (χ0v) is 16.8. The van der Waals surface area contributed by atoms with Crippen LogP contribution in [0.15, 0.2) is 23.0 Å². The van der Waals surface area contributed by atoms with Crippen molar-refractivity contribution in [2.75, 3.05) is 20.8 Å². The number of nitrogens with zero attached hydrogens (tertiary/aromatic N) is 2. The minimum Gasteiger partial charge on any atom is -0.493 e. The van der Waals surface area contributed by atoms with Gasteiger partial charge in [0.25, 0.3) is 5.56 Å². The van der Waals surface area contributed by atoms with E-state index in [2.05, 4.69) is 9.97 Å². The van der Waals surface area contributed by atoms with Crippen molar-refractivity contribution in [3.63, 3.8) is 0 Å². The van der Waals surface area contributed by atoms with Crippen LogP contribution in [0.1, 0.15) is 26.6 Å². The number of carbonyl (C=O) groups excluding carboxylic acids is 1. The van der Waals surface area contributed by atoms with E-state index in [9.17, 15) is 9.59 Å². The summed E-state index contributed by atoms with van der Waals surface area (Å²) in [7, 11) is 2.80. The minimum absolute atomic E-state index is 0.0789. The number of nitriles is 1. The van der Waals surface area contributed by atoms with Crippen molar-refractivity contribution in [1.29, 1.82) is 5.26 Å². The Kier molecular flexibility index (Phi) is 5.95. The molecule has 29 heavy (non-hydrogen) atoms. The largest absolute Gasteiger partial charge is 0.493 e. The van der Waals surface area contributed by atoms with E-state index in [1.54, 1.807) is 37.3 Å². The van der Waals surface area contributed by atoms with Gasteiger partial charge in [0.05, 0.1) is 19.6 Å². The predicted molar refractivity (Wildman–Crippen MR) is 109 cm³/mol. The molecule has 0 aliphatic rings. The third kappa shape index (κ3) is 4.12. The molecular weight excluding hydrogens is 394 g/mol. The van der Waals surface area contributed by atoms with Crippen LogP contribution in [0.25, 0.3) is 22.4 Å². The normalized spacial score (nSPS) is 10.8. The highest BCUT2D eigenvalue weighted by Gasteiger charge is 2.19. The zero-order chi connectivity index (χ0) is 21.0. The number of fused-ring (bicyclic) bond motifs is 1. The number of hydrogen-bond donors (Lipinski definition) is 1. The van der Waals surface area contributed by atoms with E-state index < -0.39 is 5.97 Å². The Morgan fingerprint density at radius 1 is 1.31 bits per heavy atom. The van der Waals surface area contributed by atoms with Crippen molar-refractivity contribution in [2.24, 2.45) is 0 Å². The topological polar surface area (TPSA) is 114 Å². The number of rotatable bonds is 6. The summed E-state index contributed by atoms with van der Waals surface area (Å²) < 4.78 is 15.3. The van der Waals surface area contributed by atoms with Gasteiger partial charge in [0.2, 0.25) is 0 Å². The van der Waals surface area contributed by atoms with Crippen LogP contribution in [-0.2, 0) is 4.74 Å². The molecule has 0 fully saturated rings. The molecule has 2 heterocycles. The van der Waals surface area contributed by atoms with Gasteiger partial charge in [-0.1, -0.05) is 12.1 Å². The first kappa shape index (κ1) is 20.1. The molecule has 9 heteroatoms. The number of esters is 1. The van der Waals surface area contributed by atoms with Gasteiger partial charge in [-0.15, -0.1) is 11.3 Å². The second-order valence-corrected chi connectivity index (χ2v) is 6.87.